The number of ether oxygens (including phenoxy) is 2. The summed E-state index contributed by atoms with van der Waals surface area (Å²) >= 11 is 0. The van der Waals surface area contributed by atoms with E-state index < -0.39 is 0 Å². The van der Waals surface area contributed by atoms with Gasteiger partial charge >= 0.3 is 0 Å². The lowest BCUT2D eigenvalue weighted by Crippen LogP contribution is -2.42. The number of rotatable bonds is 8. The Morgan fingerprint density at radius 1 is 1.12 bits per heavy atom. The van der Waals surface area contributed by atoms with Crippen molar-refractivity contribution in [3.05, 3.63) is 23.8 Å². The molecule has 0 unspecified atom stereocenters. The molecule has 0 aliphatic carbocycles. The third kappa shape index (κ3) is 6.21. The quantitative estimate of drug-likeness (QED) is 0.751. The van der Waals surface area contributed by atoms with E-state index >= 15 is 0 Å². The molecule has 0 bridgehead atoms. The molecular weight excluding hydrogens is 328 g/mol. The summed E-state index contributed by atoms with van der Waals surface area (Å²) in [6.07, 6.45) is 3.80. The van der Waals surface area contributed by atoms with Gasteiger partial charge in [0, 0.05) is 11.6 Å². The molecule has 1 aliphatic rings. The van der Waals surface area contributed by atoms with Crippen molar-refractivity contribution in [2.24, 2.45) is 0 Å². The lowest BCUT2D eigenvalue weighted by molar-refractivity contribution is 0.0929. The maximum absolute atomic E-state index is 12.4. The van der Waals surface area contributed by atoms with Crippen LogP contribution in [-0.2, 0) is 0 Å². The predicted molar refractivity (Wildman–Crippen MR) is 98.6 cm³/mol. The molecule has 2 N–H and O–H groups in total. The Kier molecular flexibility index (Phi) is 9.57. The molecule has 1 aromatic rings. The van der Waals surface area contributed by atoms with Crippen LogP contribution in [0, 0.1) is 0 Å². The van der Waals surface area contributed by atoms with Crippen molar-refractivity contribution in [3.63, 3.8) is 0 Å². The summed E-state index contributed by atoms with van der Waals surface area (Å²) in [4.78, 5) is 12.4. The zero-order chi connectivity index (χ0) is 16.5. The zero-order valence-electron chi connectivity index (χ0n) is 14.6. The van der Waals surface area contributed by atoms with Crippen molar-refractivity contribution in [3.8, 4) is 11.5 Å². The molecule has 6 heteroatoms. The normalized spacial score (nSPS) is 14.6. The highest BCUT2D eigenvalue weighted by Gasteiger charge is 2.17. The first-order chi connectivity index (χ1) is 11.2. The van der Waals surface area contributed by atoms with Gasteiger partial charge in [-0.05, 0) is 57.0 Å². The molecule has 2 rings (SSSR count). The van der Waals surface area contributed by atoms with Crippen molar-refractivity contribution < 1.29 is 14.3 Å². The lowest BCUT2D eigenvalue weighted by atomic mass is 10.1. The number of hydrogen-bond donors (Lipinski definition) is 2. The number of nitrogens with one attached hydrogen (secondary N) is 2. The highest BCUT2D eigenvalue weighted by molar-refractivity contribution is 5.95. The average molecular weight is 357 g/mol. The Labute approximate surface area is 150 Å². The van der Waals surface area contributed by atoms with E-state index in [1.807, 2.05) is 6.07 Å². The number of hydrogen-bond acceptors (Lipinski definition) is 4. The van der Waals surface area contributed by atoms with Crippen molar-refractivity contribution in [1.82, 2.24) is 10.6 Å². The smallest absolute Gasteiger partial charge is 0.251 e. The second-order valence-corrected chi connectivity index (χ2v) is 5.86. The first-order valence-electron chi connectivity index (χ1n) is 8.65. The van der Waals surface area contributed by atoms with Gasteiger partial charge in [-0.15, -0.1) is 12.4 Å². The van der Waals surface area contributed by atoms with E-state index in [0.717, 1.165) is 38.8 Å². The van der Waals surface area contributed by atoms with Crippen molar-refractivity contribution in [2.75, 3.05) is 26.3 Å². The van der Waals surface area contributed by atoms with E-state index in [1.165, 1.54) is 0 Å². The molecule has 0 saturated carbocycles. The Morgan fingerprint density at radius 2 is 1.75 bits per heavy atom. The first kappa shape index (κ1) is 20.6. The average Bonchev–Trinajstić information content (AvgIpc) is 2.59. The Balaban J connectivity index is 0.00000288. The van der Waals surface area contributed by atoms with Crippen LogP contribution in [0.15, 0.2) is 18.2 Å². The molecule has 0 radical (unpaired) electrons. The van der Waals surface area contributed by atoms with Gasteiger partial charge in [-0.1, -0.05) is 13.8 Å². The molecule has 0 aromatic heterocycles. The van der Waals surface area contributed by atoms with Crippen LogP contribution in [-0.4, -0.2) is 38.3 Å². The second kappa shape index (κ2) is 11.2. The monoisotopic (exact) mass is 356 g/mol. The molecule has 136 valence electrons. The summed E-state index contributed by atoms with van der Waals surface area (Å²) in [5, 5.41) is 6.40. The van der Waals surface area contributed by atoms with Crippen molar-refractivity contribution in [2.45, 2.75) is 45.6 Å². The minimum atomic E-state index is -0.0414. The number of amides is 1. The van der Waals surface area contributed by atoms with Gasteiger partial charge in [-0.3, -0.25) is 4.79 Å². The maximum atomic E-state index is 12.4. The predicted octanol–water partition coefficient (Wildman–Crippen LogP) is 3.17. The van der Waals surface area contributed by atoms with E-state index in [1.54, 1.807) is 12.1 Å². The first-order valence-corrected chi connectivity index (χ1v) is 8.65. The van der Waals surface area contributed by atoms with Gasteiger partial charge in [0.05, 0.1) is 13.2 Å². The van der Waals surface area contributed by atoms with Crippen LogP contribution in [0.5, 0.6) is 11.5 Å². The summed E-state index contributed by atoms with van der Waals surface area (Å²) in [7, 11) is 0. The summed E-state index contributed by atoms with van der Waals surface area (Å²) < 4.78 is 11.5. The topological polar surface area (TPSA) is 59.6 Å². The number of piperidine rings is 1. The van der Waals surface area contributed by atoms with Gasteiger partial charge < -0.3 is 20.1 Å². The molecule has 1 amide bonds. The molecule has 0 spiro atoms. The Morgan fingerprint density at radius 3 is 2.38 bits per heavy atom. The molecule has 24 heavy (non-hydrogen) atoms. The van der Waals surface area contributed by atoms with Crippen LogP contribution in [0.2, 0.25) is 0 Å². The Hall–Kier alpha value is -1.46. The van der Waals surface area contributed by atoms with Crippen molar-refractivity contribution >= 4 is 18.3 Å². The summed E-state index contributed by atoms with van der Waals surface area (Å²) in [6, 6.07) is 5.68. The largest absolute Gasteiger partial charge is 0.490 e. The van der Waals surface area contributed by atoms with E-state index in [4.69, 9.17) is 9.47 Å². The molecule has 1 aromatic carbocycles. The fourth-order valence-corrected chi connectivity index (χ4v) is 2.54. The molecular formula is C18H29ClN2O3. The summed E-state index contributed by atoms with van der Waals surface area (Å²) in [6.45, 7) is 7.29. The van der Waals surface area contributed by atoms with Crippen LogP contribution in [0.4, 0.5) is 0 Å². The van der Waals surface area contributed by atoms with E-state index in [2.05, 4.69) is 24.5 Å². The lowest BCUT2D eigenvalue weighted by Gasteiger charge is -2.23. The van der Waals surface area contributed by atoms with Crippen LogP contribution >= 0.6 is 12.4 Å². The highest BCUT2D eigenvalue weighted by atomic mass is 35.5. The molecule has 1 fully saturated rings. The minimum absolute atomic E-state index is 0. The van der Waals surface area contributed by atoms with E-state index in [0.29, 0.717) is 30.3 Å². The highest BCUT2D eigenvalue weighted by Crippen LogP contribution is 2.29. The van der Waals surface area contributed by atoms with E-state index in [9.17, 15) is 4.79 Å². The van der Waals surface area contributed by atoms with Crippen LogP contribution in [0.25, 0.3) is 0 Å². The number of halogens is 1. The zero-order valence-corrected chi connectivity index (χ0v) is 15.4. The number of carbonyl (C=O) groups is 1. The van der Waals surface area contributed by atoms with Gasteiger partial charge in [-0.2, -0.15) is 0 Å². The SMILES string of the molecule is CCCOc1ccc(C(=O)NC2CCNCC2)cc1OCCC.Cl. The molecule has 5 nitrogen and oxygen atoms in total. The summed E-state index contributed by atoms with van der Waals surface area (Å²) in [5.41, 5.74) is 0.624. The number of carbonyl (C=O) groups excluding carboxylic acids is 1. The van der Waals surface area contributed by atoms with Crippen LogP contribution < -0.4 is 20.1 Å². The summed E-state index contributed by atoms with van der Waals surface area (Å²) in [5.74, 6) is 1.32. The molecule has 1 aliphatic heterocycles. The van der Waals surface area contributed by atoms with Gasteiger partial charge in [0.1, 0.15) is 0 Å². The van der Waals surface area contributed by atoms with Gasteiger partial charge in [0.25, 0.3) is 5.91 Å². The van der Waals surface area contributed by atoms with Crippen LogP contribution in [0.3, 0.4) is 0 Å². The van der Waals surface area contributed by atoms with Crippen LogP contribution in [0.1, 0.15) is 49.9 Å². The molecule has 1 saturated heterocycles. The van der Waals surface area contributed by atoms with Gasteiger partial charge in [0.15, 0.2) is 11.5 Å². The maximum Gasteiger partial charge on any atom is 0.251 e. The Bertz CT molecular complexity index is 505. The third-order valence-corrected chi connectivity index (χ3v) is 3.80. The standard InChI is InChI=1S/C18H28N2O3.ClH/c1-3-11-22-16-6-5-14(13-17(16)23-12-4-2)18(21)20-15-7-9-19-10-8-15;/h5-6,13,15,19H,3-4,7-12H2,1-2H3,(H,20,21);1H. The van der Waals surface area contributed by atoms with Gasteiger partial charge in [-0.25, -0.2) is 0 Å². The van der Waals surface area contributed by atoms with E-state index in [-0.39, 0.29) is 24.4 Å². The molecule has 0 atom stereocenters. The fraction of sp³-hybridized carbons (Fsp3) is 0.611. The second-order valence-electron chi connectivity index (χ2n) is 5.86. The fourth-order valence-electron chi connectivity index (χ4n) is 2.54. The van der Waals surface area contributed by atoms with Crippen molar-refractivity contribution in [1.29, 1.82) is 0 Å². The van der Waals surface area contributed by atoms with Gasteiger partial charge in [0.2, 0.25) is 0 Å². The third-order valence-electron chi connectivity index (χ3n) is 3.80. The molecule has 1 heterocycles. The minimum Gasteiger partial charge on any atom is -0.490 e. The number of benzene rings is 1.